The van der Waals surface area contributed by atoms with E-state index in [9.17, 15) is 15.0 Å². The molecule has 0 spiro atoms. The van der Waals surface area contributed by atoms with Gasteiger partial charge in [-0.15, -0.1) is 0 Å². The molecule has 3 saturated carbocycles. The van der Waals surface area contributed by atoms with Gasteiger partial charge in [0, 0.05) is 5.92 Å². The van der Waals surface area contributed by atoms with Crippen molar-refractivity contribution in [2.45, 2.75) is 63.9 Å². The smallest absolute Gasteiger partial charge is 0.310 e. The molecule has 0 aromatic rings. The summed E-state index contributed by atoms with van der Waals surface area (Å²) in [6.45, 7) is 0. The summed E-state index contributed by atoms with van der Waals surface area (Å²) in [7, 11) is 0. The predicted molar refractivity (Wildman–Crippen MR) is 68.1 cm³/mol. The normalized spacial score (nSPS) is 48.1. The fourth-order valence-corrected chi connectivity index (χ4v) is 5.14. The lowest BCUT2D eigenvalue weighted by atomic mass is 9.62. The highest BCUT2D eigenvalue weighted by Gasteiger charge is 2.60. The molecule has 0 aliphatic heterocycles. The number of carbonyl (C=O) groups is 1. The fraction of sp³-hybridized carbons (Fsp3) is 0.933. The first-order valence-electron chi connectivity index (χ1n) is 7.56. The Balaban J connectivity index is 1.91. The van der Waals surface area contributed by atoms with Crippen molar-refractivity contribution >= 4 is 5.97 Å². The minimum atomic E-state index is -0.624. The van der Waals surface area contributed by atoms with Crippen molar-refractivity contribution in [1.82, 2.24) is 0 Å². The molecule has 0 heterocycles. The topological polar surface area (TPSA) is 57.5 Å². The van der Waals surface area contributed by atoms with E-state index in [4.69, 9.17) is 0 Å². The van der Waals surface area contributed by atoms with E-state index < -0.39 is 11.4 Å². The third-order valence-corrected chi connectivity index (χ3v) is 5.94. The van der Waals surface area contributed by atoms with Crippen LogP contribution in [0.5, 0.6) is 0 Å². The van der Waals surface area contributed by atoms with Gasteiger partial charge < -0.3 is 10.2 Å². The molecular formula is C15H24O3. The Bertz CT molecular complexity index is 341. The Labute approximate surface area is 109 Å². The van der Waals surface area contributed by atoms with Gasteiger partial charge in [-0.25, -0.2) is 0 Å². The van der Waals surface area contributed by atoms with Gasteiger partial charge >= 0.3 is 5.97 Å². The predicted octanol–water partition coefficient (Wildman–Crippen LogP) is 2.82. The Kier molecular flexibility index (Phi) is 3.13. The third kappa shape index (κ3) is 1.70. The molecule has 0 amide bonds. The van der Waals surface area contributed by atoms with Crippen LogP contribution in [0.3, 0.4) is 0 Å². The van der Waals surface area contributed by atoms with Crippen LogP contribution in [0.2, 0.25) is 0 Å². The molecule has 0 saturated heterocycles. The van der Waals surface area contributed by atoms with Crippen LogP contribution in [-0.4, -0.2) is 22.3 Å². The van der Waals surface area contributed by atoms with Crippen LogP contribution in [0, 0.1) is 23.2 Å². The Morgan fingerprint density at radius 1 is 1.06 bits per heavy atom. The Morgan fingerprint density at radius 3 is 2.44 bits per heavy atom. The first-order chi connectivity index (χ1) is 8.64. The minimum absolute atomic E-state index is 0.00722. The van der Waals surface area contributed by atoms with Gasteiger partial charge in [0.15, 0.2) is 0 Å². The molecular weight excluding hydrogens is 228 g/mol. The second-order valence-electron chi connectivity index (χ2n) is 6.74. The molecule has 3 heteroatoms. The zero-order valence-electron chi connectivity index (χ0n) is 11.0. The molecule has 0 aromatic carbocycles. The van der Waals surface area contributed by atoms with Gasteiger partial charge in [0.25, 0.3) is 0 Å². The maximum atomic E-state index is 12.0. The van der Waals surface area contributed by atoms with Crippen molar-refractivity contribution in [2.24, 2.45) is 23.2 Å². The quantitative estimate of drug-likeness (QED) is 0.743. The average molecular weight is 252 g/mol. The molecule has 2 N–H and O–H groups in total. The number of carboxylic acid groups (broad SMARTS) is 1. The van der Waals surface area contributed by atoms with Crippen LogP contribution in [-0.2, 0) is 4.79 Å². The number of fused-ring (bicyclic) bond motifs is 2. The molecule has 3 aliphatic rings. The second-order valence-corrected chi connectivity index (χ2v) is 6.74. The summed E-state index contributed by atoms with van der Waals surface area (Å²) in [4.78, 5) is 12.0. The van der Waals surface area contributed by atoms with E-state index in [2.05, 4.69) is 0 Å². The van der Waals surface area contributed by atoms with Crippen molar-refractivity contribution < 1.29 is 15.0 Å². The lowest BCUT2D eigenvalue weighted by Gasteiger charge is -2.42. The van der Waals surface area contributed by atoms with Crippen molar-refractivity contribution in [3.63, 3.8) is 0 Å². The summed E-state index contributed by atoms with van der Waals surface area (Å²) in [6, 6.07) is 0. The van der Waals surface area contributed by atoms with E-state index in [1.807, 2.05) is 0 Å². The third-order valence-electron chi connectivity index (χ3n) is 5.94. The molecule has 3 fully saturated rings. The summed E-state index contributed by atoms with van der Waals surface area (Å²) >= 11 is 0. The highest BCUT2D eigenvalue weighted by Crippen LogP contribution is 2.61. The Morgan fingerprint density at radius 2 is 1.83 bits per heavy atom. The molecule has 0 aromatic heterocycles. The summed E-state index contributed by atoms with van der Waals surface area (Å²) in [5.41, 5.74) is -0.591. The number of hydrogen-bond acceptors (Lipinski definition) is 2. The zero-order valence-corrected chi connectivity index (χ0v) is 11.0. The highest BCUT2D eigenvalue weighted by atomic mass is 16.4. The van der Waals surface area contributed by atoms with Crippen LogP contribution >= 0.6 is 0 Å². The van der Waals surface area contributed by atoms with E-state index in [1.165, 1.54) is 6.42 Å². The van der Waals surface area contributed by atoms with E-state index in [0.29, 0.717) is 11.8 Å². The standard InChI is InChI=1S/C15H24O3/c16-13-5-3-1-2-4-12(13)15(14(17)18)9-10-6-7-11(15)8-10/h10-13,16H,1-9H2,(H,17,18). The molecule has 3 rings (SSSR count). The highest BCUT2D eigenvalue weighted by molar-refractivity contribution is 5.76. The van der Waals surface area contributed by atoms with Gasteiger partial charge in [0.05, 0.1) is 11.5 Å². The molecule has 3 aliphatic carbocycles. The van der Waals surface area contributed by atoms with E-state index in [1.54, 1.807) is 0 Å². The van der Waals surface area contributed by atoms with Gasteiger partial charge in [-0.3, -0.25) is 4.79 Å². The monoisotopic (exact) mass is 252 g/mol. The van der Waals surface area contributed by atoms with Crippen molar-refractivity contribution in [3.8, 4) is 0 Å². The number of carboxylic acids is 1. The summed E-state index contributed by atoms with van der Waals surface area (Å²) in [5.74, 6) is 0.327. The summed E-state index contributed by atoms with van der Waals surface area (Å²) in [6.07, 6.45) is 8.83. The fourth-order valence-electron chi connectivity index (χ4n) is 5.14. The minimum Gasteiger partial charge on any atom is -0.481 e. The van der Waals surface area contributed by atoms with Gasteiger partial charge in [0.2, 0.25) is 0 Å². The lowest BCUT2D eigenvalue weighted by molar-refractivity contribution is -0.162. The van der Waals surface area contributed by atoms with Gasteiger partial charge in [0.1, 0.15) is 0 Å². The van der Waals surface area contributed by atoms with Crippen LogP contribution in [0.15, 0.2) is 0 Å². The molecule has 2 bridgehead atoms. The van der Waals surface area contributed by atoms with Gasteiger partial charge in [-0.2, -0.15) is 0 Å². The maximum absolute atomic E-state index is 12.0. The number of aliphatic hydroxyl groups is 1. The largest absolute Gasteiger partial charge is 0.481 e. The molecule has 5 unspecified atom stereocenters. The first kappa shape index (κ1) is 12.5. The summed E-state index contributed by atoms with van der Waals surface area (Å²) in [5, 5.41) is 20.2. The molecule has 5 atom stereocenters. The van der Waals surface area contributed by atoms with E-state index >= 15 is 0 Å². The first-order valence-corrected chi connectivity index (χ1v) is 7.56. The van der Waals surface area contributed by atoms with Crippen molar-refractivity contribution in [2.75, 3.05) is 0 Å². The molecule has 0 radical (unpaired) electrons. The zero-order chi connectivity index (χ0) is 12.8. The summed E-state index contributed by atoms with van der Waals surface area (Å²) < 4.78 is 0. The Hall–Kier alpha value is -0.570. The van der Waals surface area contributed by atoms with Crippen molar-refractivity contribution in [3.05, 3.63) is 0 Å². The lowest BCUT2D eigenvalue weighted by Crippen LogP contribution is -2.47. The van der Waals surface area contributed by atoms with Gasteiger partial charge in [-0.1, -0.05) is 25.7 Å². The SMILES string of the molecule is O=C(O)C1(C2CCCCCC2O)CC2CCC1C2. The number of rotatable bonds is 2. The molecule has 3 nitrogen and oxygen atoms in total. The van der Waals surface area contributed by atoms with Gasteiger partial charge in [-0.05, 0) is 43.9 Å². The van der Waals surface area contributed by atoms with Crippen molar-refractivity contribution in [1.29, 1.82) is 0 Å². The van der Waals surface area contributed by atoms with E-state index in [-0.39, 0.29) is 12.0 Å². The number of aliphatic carboxylic acids is 1. The molecule has 102 valence electrons. The van der Waals surface area contributed by atoms with Crippen LogP contribution in [0.1, 0.15) is 57.8 Å². The number of hydrogen-bond donors (Lipinski definition) is 2. The molecule has 18 heavy (non-hydrogen) atoms. The van der Waals surface area contributed by atoms with Crippen LogP contribution in [0.4, 0.5) is 0 Å². The van der Waals surface area contributed by atoms with Crippen LogP contribution < -0.4 is 0 Å². The second kappa shape index (κ2) is 4.52. The van der Waals surface area contributed by atoms with E-state index in [0.717, 1.165) is 51.4 Å². The maximum Gasteiger partial charge on any atom is 0.310 e. The number of aliphatic hydroxyl groups excluding tert-OH is 1. The van der Waals surface area contributed by atoms with Crippen LogP contribution in [0.25, 0.3) is 0 Å². The average Bonchev–Trinajstić information content (AvgIpc) is 2.87.